The molecule has 0 saturated carbocycles. The molecule has 96 valence electrons. The van der Waals surface area contributed by atoms with Crippen LogP contribution in [0.25, 0.3) is 0 Å². The maximum atomic E-state index is 5.34. The van der Waals surface area contributed by atoms with Crippen LogP contribution < -0.4 is 10.1 Å². The molecule has 0 saturated heterocycles. The highest BCUT2D eigenvalue weighted by atomic mass is 32.1. The number of methoxy groups -OCH3 is 1. The van der Waals surface area contributed by atoms with Crippen LogP contribution in [0.15, 0.2) is 35.7 Å². The first-order chi connectivity index (χ1) is 8.85. The van der Waals surface area contributed by atoms with Crippen LogP contribution in [0.2, 0.25) is 0 Å². The molecule has 0 spiro atoms. The van der Waals surface area contributed by atoms with E-state index in [4.69, 9.17) is 4.74 Å². The summed E-state index contributed by atoms with van der Waals surface area (Å²) in [4.78, 5) is 1.44. The lowest BCUT2D eigenvalue weighted by Crippen LogP contribution is -2.13. The van der Waals surface area contributed by atoms with E-state index < -0.39 is 0 Å². The van der Waals surface area contributed by atoms with E-state index >= 15 is 0 Å². The molecule has 0 fully saturated rings. The molecule has 0 radical (unpaired) electrons. The summed E-state index contributed by atoms with van der Waals surface area (Å²) in [6.45, 7) is 3.97. The van der Waals surface area contributed by atoms with Crippen LogP contribution in [0.5, 0.6) is 5.75 Å². The molecule has 0 atom stereocenters. The normalized spacial score (nSPS) is 10.6. The van der Waals surface area contributed by atoms with E-state index in [-0.39, 0.29) is 0 Å². The fraction of sp³-hybridized carbons (Fsp3) is 0.333. The van der Waals surface area contributed by atoms with Gasteiger partial charge >= 0.3 is 0 Å². The van der Waals surface area contributed by atoms with Crippen LogP contribution in [-0.2, 0) is 19.5 Å². The zero-order valence-electron chi connectivity index (χ0n) is 10.9. The fourth-order valence-corrected chi connectivity index (χ4v) is 2.94. The van der Waals surface area contributed by atoms with E-state index in [1.807, 2.05) is 29.5 Å². The van der Waals surface area contributed by atoms with Crippen molar-refractivity contribution in [1.82, 2.24) is 5.32 Å². The van der Waals surface area contributed by atoms with Gasteiger partial charge in [-0.05, 0) is 29.5 Å². The van der Waals surface area contributed by atoms with Gasteiger partial charge in [0.15, 0.2) is 0 Å². The van der Waals surface area contributed by atoms with E-state index in [9.17, 15) is 0 Å². The third-order valence-electron chi connectivity index (χ3n) is 3.01. The molecule has 0 aliphatic carbocycles. The molecular formula is C15H19NOS. The zero-order chi connectivity index (χ0) is 12.8. The highest BCUT2D eigenvalue weighted by molar-refractivity contribution is 7.10. The number of thiophene rings is 1. The average Bonchev–Trinajstić information content (AvgIpc) is 2.87. The van der Waals surface area contributed by atoms with Gasteiger partial charge in [0, 0.05) is 23.5 Å². The number of para-hydroxylation sites is 1. The Balaban J connectivity index is 1.92. The maximum absolute atomic E-state index is 5.34. The lowest BCUT2D eigenvalue weighted by Gasteiger charge is -2.09. The Kier molecular flexibility index (Phi) is 4.79. The second-order valence-corrected chi connectivity index (χ2v) is 5.14. The number of aryl methyl sites for hydroxylation is 1. The lowest BCUT2D eigenvalue weighted by atomic mass is 10.2. The molecule has 3 heteroatoms. The van der Waals surface area contributed by atoms with Crippen molar-refractivity contribution < 1.29 is 4.74 Å². The summed E-state index contributed by atoms with van der Waals surface area (Å²) in [5, 5.41) is 5.65. The van der Waals surface area contributed by atoms with Gasteiger partial charge in [-0.3, -0.25) is 0 Å². The standard InChI is InChI=1S/C15H19NOS/c1-3-12-8-9-18-15(12)11-16-10-13-6-4-5-7-14(13)17-2/h4-9,16H,3,10-11H2,1-2H3. The van der Waals surface area contributed by atoms with Gasteiger partial charge in [-0.2, -0.15) is 0 Å². The highest BCUT2D eigenvalue weighted by Crippen LogP contribution is 2.19. The van der Waals surface area contributed by atoms with Crippen LogP contribution in [-0.4, -0.2) is 7.11 Å². The number of hydrogen-bond acceptors (Lipinski definition) is 3. The molecule has 0 amide bonds. The van der Waals surface area contributed by atoms with Gasteiger partial charge in [0.1, 0.15) is 5.75 Å². The summed E-state index contributed by atoms with van der Waals surface area (Å²) in [6.07, 6.45) is 1.11. The first kappa shape index (κ1) is 13.1. The van der Waals surface area contributed by atoms with Crippen LogP contribution >= 0.6 is 11.3 Å². The number of hydrogen-bond donors (Lipinski definition) is 1. The SMILES string of the molecule is CCc1ccsc1CNCc1ccccc1OC. The Morgan fingerprint density at radius 2 is 1.94 bits per heavy atom. The molecule has 0 unspecified atom stereocenters. The van der Waals surface area contributed by atoms with Crippen molar-refractivity contribution in [2.75, 3.05) is 7.11 Å². The van der Waals surface area contributed by atoms with E-state index in [2.05, 4.69) is 29.8 Å². The Labute approximate surface area is 113 Å². The minimum Gasteiger partial charge on any atom is -0.496 e. The van der Waals surface area contributed by atoms with Crippen molar-refractivity contribution in [3.63, 3.8) is 0 Å². The Morgan fingerprint density at radius 3 is 2.72 bits per heavy atom. The van der Waals surface area contributed by atoms with Gasteiger partial charge in [-0.1, -0.05) is 25.1 Å². The largest absolute Gasteiger partial charge is 0.496 e. The second kappa shape index (κ2) is 6.57. The summed E-state index contributed by atoms with van der Waals surface area (Å²) in [5.41, 5.74) is 2.65. The molecule has 1 N–H and O–H groups in total. The van der Waals surface area contributed by atoms with Gasteiger partial charge in [0.25, 0.3) is 0 Å². The summed E-state index contributed by atoms with van der Waals surface area (Å²) in [7, 11) is 1.72. The molecule has 18 heavy (non-hydrogen) atoms. The van der Waals surface area contributed by atoms with Gasteiger partial charge in [0.2, 0.25) is 0 Å². The van der Waals surface area contributed by atoms with Crippen molar-refractivity contribution in [1.29, 1.82) is 0 Å². The summed E-state index contributed by atoms with van der Waals surface area (Å²) in [5.74, 6) is 0.951. The Morgan fingerprint density at radius 1 is 1.11 bits per heavy atom. The second-order valence-electron chi connectivity index (χ2n) is 4.14. The Hall–Kier alpha value is -1.32. The quantitative estimate of drug-likeness (QED) is 0.857. The predicted molar refractivity (Wildman–Crippen MR) is 77.2 cm³/mol. The molecule has 1 heterocycles. The molecule has 1 aromatic carbocycles. The Bertz CT molecular complexity index is 493. The van der Waals surface area contributed by atoms with Gasteiger partial charge in [0.05, 0.1) is 7.11 Å². The molecule has 0 aliphatic heterocycles. The monoisotopic (exact) mass is 261 g/mol. The highest BCUT2D eigenvalue weighted by Gasteiger charge is 2.04. The van der Waals surface area contributed by atoms with Crippen LogP contribution in [0, 0.1) is 0 Å². The van der Waals surface area contributed by atoms with E-state index in [1.54, 1.807) is 7.11 Å². The molecule has 2 rings (SSSR count). The number of ether oxygens (including phenoxy) is 1. The topological polar surface area (TPSA) is 21.3 Å². The average molecular weight is 261 g/mol. The van der Waals surface area contributed by atoms with Crippen molar-refractivity contribution in [2.24, 2.45) is 0 Å². The molecule has 2 nitrogen and oxygen atoms in total. The fourth-order valence-electron chi connectivity index (χ4n) is 2.00. The summed E-state index contributed by atoms with van der Waals surface area (Å²) in [6, 6.07) is 10.4. The third-order valence-corrected chi connectivity index (χ3v) is 3.98. The molecule has 0 aliphatic rings. The van der Waals surface area contributed by atoms with Crippen LogP contribution in [0.3, 0.4) is 0 Å². The summed E-state index contributed by atoms with van der Waals surface area (Å²) >= 11 is 1.83. The van der Waals surface area contributed by atoms with Crippen molar-refractivity contribution in [2.45, 2.75) is 26.4 Å². The molecular weight excluding hydrogens is 242 g/mol. The van der Waals surface area contributed by atoms with E-state index in [1.165, 1.54) is 16.0 Å². The minimum atomic E-state index is 0.838. The smallest absolute Gasteiger partial charge is 0.123 e. The third kappa shape index (κ3) is 3.12. The minimum absolute atomic E-state index is 0.838. The number of benzene rings is 1. The van der Waals surface area contributed by atoms with Crippen molar-refractivity contribution in [3.8, 4) is 5.75 Å². The number of nitrogens with one attached hydrogen (secondary N) is 1. The first-order valence-corrected chi connectivity index (χ1v) is 7.11. The van der Waals surface area contributed by atoms with Crippen molar-refractivity contribution >= 4 is 11.3 Å². The molecule has 1 aromatic heterocycles. The molecule has 0 bridgehead atoms. The zero-order valence-corrected chi connectivity index (χ0v) is 11.7. The van der Waals surface area contributed by atoms with Gasteiger partial charge in [-0.15, -0.1) is 11.3 Å². The van der Waals surface area contributed by atoms with Crippen LogP contribution in [0.4, 0.5) is 0 Å². The van der Waals surface area contributed by atoms with Crippen molar-refractivity contribution in [3.05, 3.63) is 51.7 Å². The molecule has 2 aromatic rings. The van der Waals surface area contributed by atoms with Gasteiger partial charge < -0.3 is 10.1 Å². The predicted octanol–water partition coefficient (Wildman–Crippen LogP) is 3.61. The van der Waals surface area contributed by atoms with E-state index in [0.717, 1.165) is 25.3 Å². The van der Waals surface area contributed by atoms with E-state index in [0.29, 0.717) is 0 Å². The van der Waals surface area contributed by atoms with Gasteiger partial charge in [-0.25, -0.2) is 0 Å². The lowest BCUT2D eigenvalue weighted by molar-refractivity contribution is 0.407. The number of rotatable bonds is 6. The summed E-state index contributed by atoms with van der Waals surface area (Å²) < 4.78 is 5.34. The van der Waals surface area contributed by atoms with Crippen LogP contribution in [0.1, 0.15) is 22.9 Å². The first-order valence-electron chi connectivity index (χ1n) is 6.23. The maximum Gasteiger partial charge on any atom is 0.123 e.